The summed E-state index contributed by atoms with van der Waals surface area (Å²) in [6.07, 6.45) is -3.46. The summed E-state index contributed by atoms with van der Waals surface area (Å²) in [5.41, 5.74) is 0.707. The molecule has 0 aromatic heterocycles. The van der Waals surface area contributed by atoms with Gasteiger partial charge >= 0.3 is 6.18 Å². The number of carbonyl (C=O) groups is 1. The van der Waals surface area contributed by atoms with Gasteiger partial charge in [-0.25, -0.2) is 0 Å². The monoisotopic (exact) mass is 345 g/mol. The summed E-state index contributed by atoms with van der Waals surface area (Å²) in [6.45, 7) is -0.465. The van der Waals surface area contributed by atoms with Gasteiger partial charge in [-0.2, -0.15) is 18.4 Å². The maximum atomic E-state index is 12.3. The molecule has 1 N–H and O–H groups in total. The summed E-state index contributed by atoms with van der Waals surface area (Å²) in [5, 5.41) is 11.9. The molecule has 0 spiro atoms. The molecule has 1 aromatic carbocycles. The Morgan fingerprint density at radius 2 is 2.04 bits per heavy atom. The standard InChI is InChI=1S/C15H15ClF3N3O/c16-13-2-1-12(7-11(13)8-20)21-14(23)10-3-5-22(6-4-10)9-15(17,18)19/h1-2,7,10H,3-6,9H2,(H,21,23). The first-order chi connectivity index (χ1) is 10.8. The van der Waals surface area contributed by atoms with E-state index in [4.69, 9.17) is 16.9 Å². The van der Waals surface area contributed by atoms with Gasteiger partial charge < -0.3 is 5.32 Å². The first-order valence-corrected chi connectivity index (χ1v) is 7.46. The van der Waals surface area contributed by atoms with Crippen molar-refractivity contribution >= 4 is 23.2 Å². The van der Waals surface area contributed by atoms with E-state index < -0.39 is 12.7 Å². The van der Waals surface area contributed by atoms with Gasteiger partial charge in [0.15, 0.2) is 0 Å². The number of halogens is 4. The van der Waals surface area contributed by atoms with Crippen LogP contribution in [0.5, 0.6) is 0 Å². The summed E-state index contributed by atoms with van der Waals surface area (Å²) in [4.78, 5) is 13.5. The molecule has 4 nitrogen and oxygen atoms in total. The van der Waals surface area contributed by atoms with E-state index in [0.29, 0.717) is 23.6 Å². The van der Waals surface area contributed by atoms with Crippen LogP contribution in [-0.4, -0.2) is 36.6 Å². The molecule has 1 aliphatic heterocycles. The third kappa shape index (κ3) is 5.12. The first kappa shape index (κ1) is 17.6. The lowest BCUT2D eigenvalue weighted by Gasteiger charge is -2.31. The van der Waals surface area contributed by atoms with E-state index in [-0.39, 0.29) is 30.5 Å². The normalized spacial score (nSPS) is 16.8. The minimum atomic E-state index is -4.22. The number of piperidine rings is 1. The third-order valence-corrected chi connectivity index (χ3v) is 4.05. The molecule has 0 unspecified atom stereocenters. The Kier molecular flexibility index (Phi) is 5.50. The average molecular weight is 346 g/mol. The number of carbonyl (C=O) groups excluding carboxylic acids is 1. The minimum absolute atomic E-state index is 0.238. The Balaban J connectivity index is 1.89. The molecule has 1 amide bonds. The van der Waals surface area contributed by atoms with E-state index in [2.05, 4.69) is 5.32 Å². The second kappa shape index (κ2) is 7.20. The van der Waals surface area contributed by atoms with Gasteiger partial charge in [0.1, 0.15) is 6.07 Å². The number of hydrogen-bond donors (Lipinski definition) is 1. The quantitative estimate of drug-likeness (QED) is 0.913. The summed E-state index contributed by atoms with van der Waals surface area (Å²) in [6, 6.07) is 6.49. The number of hydrogen-bond acceptors (Lipinski definition) is 3. The second-order valence-electron chi connectivity index (χ2n) is 5.46. The molecule has 1 aromatic rings. The van der Waals surface area contributed by atoms with Gasteiger partial charge in [-0.05, 0) is 44.1 Å². The van der Waals surface area contributed by atoms with Crippen LogP contribution in [0.4, 0.5) is 18.9 Å². The number of alkyl halides is 3. The number of nitriles is 1. The van der Waals surface area contributed by atoms with Gasteiger partial charge in [0.05, 0.1) is 17.1 Å². The predicted octanol–water partition coefficient (Wildman–Crippen LogP) is 3.42. The van der Waals surface area contributed by atoms with Crippen molar-refractivity contribution in [2.24, 2.45) is 5.92 Å². The molecule has 1 fully saturated rings. The maximum Gasteiger partial charge on any atom is 0.401 e. The highest BCUT2D eigenvalue weighted by Crippen LogP contribution is 2.24. The van der Waals surface area contributed by atoms with Crippen LogP contribution in [-0.2, 0) is 4.79 Å². The van der Waals surface area contributed by atoms with Gasteiger partial charge in [0, 0.05) is 11.6 Å². The molecule has 0 bridgehead atoms. The lowest BCUT2D eigenvalue weighted by molar-refractivity contribution is -0.149. The Morgan fingerprint density at radius 3 is 2.61 bits per heavy atom. The third-order valence-electron chi connectivity index (χ3n) is 3.72. The zero-order chi connectivity index (χ0) is 17.0. The Hall–Kier alpha value is -1.78. The van der Waals surface area contributed by atoms with Crippen LogP contribution in [0.3, 0.4) is 0 Å². The van der Waals surface area contributed by atoms with E-state index in [0.717, 1.165) is 0 Å². The van der Waals surface area contributed by atoms with Gasteiger partial charge in [-0.15, -0.1) is 0 Å². The fraction of sp³-hybridized carbons (Fsp3) is 0.467. The SMILES string of the molecule is N#Cc1cc(NC(=O)C2CCN(CC(F)(F)F)CC2)ccc1Cl. The van der Waals surface area contributed by atoms with Gasteiger partial charge in [0.25, 0.3) is 0 Å². The molecule has 0 atom stereocenters. The Labute approximate surface area is 136 Å². The van der Waals surface area contributed by atoms with E-state index >= 15 is 0 Å². The number of benzene rings is 1. The number of rotatable bonds is 3. The zero-order valence-corrected chi connectivity index (χ0v) is 12.9. The van der Waals surface area contributed by atoms with Crippen molar-refractivity contribution < 1.29 is 18.0 Å². The number of nitrogens with zero attached hydrogens (tertiary/aromatic N) is 2. The van der Waals surface area contributed by atoms with E-state index in [1.807, 2.05) is 6.07 Å². The minimum Gasteiger partial charge on any atom is -0.326 e. The van der Waals surface area contributed by atoms with Crippen LogP contribution in [0.2, 0.25) is 5.02 Å². The summed E-state index contributed by atoms with van der Waals surface area (Å²) in [5.74, 6) is -0.580. The molecule has 0 saturated carbocycles. The fourth-order valence-electron chi connectivity index (χ4n) is 2.54. The van der Waals surface area contributed by atoms with E-state index in [1.54, 1.807) is 6.07 Å². The van der Waals surface area contributed by atoms with Gasteiger partial charge in [-0.3, -0.25) is 9.69 Å². The maximum absolute atomic E-state index is 12.3. The molecule has 0 aliphatic carbocycles. The Bertz CT molecular complexity index is 619. The van der Waals surface area contributed by atoms with Crippen molar-refractivity contribution in [3.8, 4) is 6.07 Å². The number of anilines is 1. The largest absolute Gasteiger partial charge is 0.401 e. The van der Waals surface area contributed by atoms with Crippen LogP contribution in [0.1, 0.15) is 18.4 Å². The lowest BCUT2D eigenvalue weighted by Crippen LogP contribution is -2.42. The fourth-order valence-corrected chi connectivity index (χ4v) is 2.70. The predicted molar refractivity (Wildman–Crippen MR) is 80.0 cm³/mol. The molecule has 1 aliphatic rings. The molecule has 1 heterocycles. The van der Waals surface area contributed by atoms with Crippen LogP contribution >= 0.6 is 11.6 Å². The topological polar surface area (TPSA) is 56.1 Å². The summed E-state index contributed by atoms with van der Waals surface area (Å²) >= 11 is 5.82. The lowest BCUT2D eigenvalue weighted by atomic mass is 9.95. The molecule has 2 rings (SSSR count). The van der Waals surface area contributed by atoms with E-state index in [1.165, 1.54) is 17.0 Å². The first-order valence-electron chi connectivity index (χ1n) is 7.08. The van der Waals surface area contributed by atoms with Crippen LogP contribution in [0.15, 0.2) is 18.2 Å². The van der Waals surface area contributed by atoms with Crippen molar-refractivity contribution in [2.75, 3.05) is 25.0 Å². The van der Waals surface area contributed by atoms with Crippen LogP contribution in [0, 0.1) is 17.2 Å². The van der Waals surface area contributed by atoms with Gasteiger partial charge in [0.2, 0.25) is 5.91 Å². The number of likely N-dealkylation sites (tertiary alicyclic amines) is 1. The number of nitrogens with one attached hydrogen (secondary N) is 1. The van der Waals surface area contributed by atoms with Crippen molar-refractivity contribution in [1.29, 1.82) is 5.26 Å². The zero-order valence-electron chi connectivity index (χ0n) is 12.2. The second-order valence-corrected chi connectivity index (χ2v) is 5.87. The average Bonchev–Trinajstić information content (AvgIpc) is 2.48. The number of amides is 1. The Morgan fingerprint density at radius 1 is 1.39 bits per heavy atom. The van der Waals surface area contributed by atoms with Crippen molar-refractivity contribution in [3.05, 3.63) is 28.8 Å². The van der Waals surface area contributed by atoms with Crippen molar-refractivity contribution in [2.45, 2.75) is 19.0 Å². The van der Waals surface area contributed by atoms with Crippen LogP contribution < -0.4 is 5.32 Å². The van der Waals surface area contributed by atoms with Crippen LogP contribution in [0.25, 0.3) is 0 Å². The smallest absolute Gasteiger partial charge is 0.326 e. The molecule has 8 heteroatoms. The van der Waals surface area contributed by atoms with E-state index in [9.17, 15) is 18.0 Å². The van der Waals surface area contributed by atoms with Crippen molar-refractivity contribution in [3.63, 3.8) is 0 Å². The molecule has 124 valence electrons. The molecular formula is C15H15ClF3N3O. The molecular weight excluding hydrogens is 331 g/mol. The highest BCUT2D eigenvalue weighted by Gasteiger charge is 2.33. The van der Waals surface area contributed by atoms with Gasteiger partial charge in [-0.1, -0.05) is 11.6 Å². The molecule has 1 saturated heterocycles. The molecule has 23 heavy (non-hydrogen) atoms. The highest BCUT2D eigenvalue weighted by atomic mass is 35.5. The molecule has 0 radical (unpaired) electrons. The van der Waals surface area contributed by atoms with Crippen molar-refractivity contribution in [1.82, 2.24) is 4.90 Å². The highest BCUT2D eigenvalue weighted by molar-refractivity contribution is 6.31. The summed E-state index contributed by atoms with van der Waals surface area (Å²) < 4.78 is 37.0. The summed E-state index contributed by atoms with van der Waals surface area (Å²) in [7, 11) is 0.